The maximum absolute atomic E-state index is 11.1. The van der Waals surface area contributed by atoms with Gasteiger partial charge in [-0.15, -0.1) is 0 Å². The van der Waals surface area contributed by atoms with Gasteiger partial charge in [0, 0.05) is 7.11 Å². The largest absolute Gasteiger partial charge is 0.480 e. The van der Waals surface area contributed by atoms with E-state index < -0.39 is 18.1 Å². The van der Waals surface area contributed by atoms with Crippen LogP contribution in [0.1, 0.15) is 18.4 Å². The summed E-state index contributed by atoms with van der Waals surface area (Å²) in [5.74, 6) is -0.139. The molecule has 0 aromatic heterocycles. The van der Waals surface area contributed by atoms with Crippen LogP contribution in [0.3, 0.4) is 0 Å². The van der Waals surface area contributed by atoms with E-state index in [2.05, 4.69) is 5.32 Å². The van der Waals surface area contributed by atoms with Crippen molar-refractivity contribution in [3.8, 4) is 0 Å². The van der Waals surface area contributed by atoms with Gasteiger partial charge in [0.15, 0.2) is 0 Å². The number of nitrogens with one attached hydrogen (secondary N) is 1. The Bertz CT molecular complexity index is 414. The molecule has 22 heavy (non-hydrogen) atoms. The standard InChI is InChI=1S/C15H21NO3S.CH4O/c1-20-10-9-14(15(18)19)16-13(11-17)8-7-12-5-3-2-4-6-12;1-2/h2-6,11,13-14,16H,7-10H2,1H3,(H,18,19);2H,1H3. The second-order valence-corrected chi connectivity index (χ2v) is 5.59. The van der Waals surface area contributed by atoms with E-state index in [1.165, 1.54) is 0 Å². The second-order valence-electron chi connectivity index (χ2n) is 4.61. The Morgan fingerprint density at radius 1 is 1.27 bits per heavy atom. The highest BCUT2D eigenvalue weighted by Gasteiger charge is 2.20. The van der Waals surface area contributed by atoms with Gasteiger partial charge in [-0.2, -0.15) is 11.8 Å². The van der Waals surface area contributed by atoms with Crippen molar-refractivity contribution in [2.45, 2.75) is 31.3 Å². The van der Waals surface area contributed by atoms with E-state index in [9.17, 15) is 9.59 Å². The summed E-state index contributed by atoms with van der Waals surface area (Å²) in [7, 11) is 1.00. The summed E-state index contributed by atoms with van der Waals surface area (Å²) in [6, 6.07) is 8.79. The van der Waals surface area contributed by atoms with Crippen LogP contribution >= 0.6 is 11.8 Å². The number of aliphatic carboxylic acids is 1. The molecule has 0 saturated heterocycles. The molecule has 0 aliphatic carbocycles. The summed E-state index contributed by atoms with van der Waals surface area (Å²) in [6.07, 6.45) is 4.62. The lowest BCUT2D eigenvalue weighted by Crippen LogP contribution is -2.44. The van der Waals surface area contributed by atoms with Gasteiger partial charge in [-0.25, -0.2) is 0 Å². The van der Waals surface area contributed by atoms with Crippen molar-refractivity contribution in [1.82, 2.24) is 5.32 Å². The molecule has 0 saturated carbocycles. The highest BCUT2D eigenvalue weighted by molar-refractivity contribution is 7.98. The van der Waals surface area contributed by atoms with Crippen LogP contribution < -0.4 is 5.32 Å². The molecule has 0 radical (unpaired) electrons. The summed E-state index contributed by atoms with van der Waals surface area (Å²) < 4.78 is 0. The van der Waals surface area contributed by atoms with E-state index >= 15 is 0 Å². The third-order valence-electron chi connectivity index (χ3n) is 3.08. The van der Waals surface area contributed by atoms with Gasteiger partial charge >= 0.3 is 5.97 Å². The minimum Gasteiger partial charge on any atom is -0.480 e. The van der Waals surface area contributed by atoms with Crippen molar-refractivity contribution < 1.29 is 19.8 Å². The van der Waals surface area contributed by atoms with Crippen molar-refractivity contribution in [3.63, 3.8) is 0 Å². The molecule has 1 rings (SSSR count). The van der Waals surface area contributed by atoms with Gasteiger partial charge in [0.25, 0.3) is 0 Å². The molecule has 6 heteroatoms. The lowest BCUT2D eigenvalue weighted by molar-refractivity contribution is -0.139. The van der Waals surface area contributed by atoms with Crippen molar-refractivity contribution in [1.29, 1.82) is 0 Å². The van der Waals surface area contributed by atoms with Gasteiger partial charge in [0.05, 0.1) is 6.04 Å². The zero-order chi connectivity index (χ0) is 16.8. The van der Waals surface area contributed by atoms with Crippen LogP contribution in [0.5, 0.6) is 0 Å². The second kappa shape index (κ2) is 13.3. The number of hydrogen-bond acceptors (Lipinski definition) is 5. The molecule has 3 N–H and O–H groups in total. The van der Waals surface area contributed by atoms with E-state index in [1.807, 2.05) is 36.6 Å². The van der Waals surface area contributed by atoms with Gasteiger partial charge < -0.3 is 15.0 Å². The predicted molar refractivity (Wildman–Crippen MR) is 90.3 cm³/mol. The number of carbonyl (C=O) groups is 2. The van der Waals surface area contributed by atoms with E-state index in [-0.39, 0.29) is 0 Å². The van der Waals surface area contributed by atoms with Crippen LogP contribution in [-0.4, -0.2) is 53.7 Å². The lowest BCUT2D eigenvalue weighted by atomic mass is 10.0. The smallest absolute Gasteiger partial charge is 0.320 e. The number of aryl methyl sites for hydroxylation is 1. The van der Waals surface area contributed by atoms with Crippen molar-refractivity contribution >= 4 is 24.0 Å². The van der Waals surface area contributed by atoms with Gasteiger partial charge in [-0.3, -0.25) is 10.1 Å². The summed E-state index contributed by atoms with van der Waals surface area (Å²) in [5.41, 5.74) is 1.15. The van der Waals surface area contributed by atoms with Crippen LogP contribution in [0, 0.1) is 0 Å². The predicted octanol–water partition coefficient (Wildman–Crippen LogP) is 1.59. The number of hydrogen-bond donors (Lipinski definition) is 3. The van der Waals surface area contributed by atoms with Gasteiger partial charge in [-0.05, 0) is 36.8 Å². The van der Waals surface area contributed by atoms with E-state index in [0.717, 1.165) is 31.1 Å². The molecule has 124 valence electrons. The lowest BCUT2D eigenvalue weighted by Gasteiger charge is -2.19. The normalized spacial score (nSPS) is 12.7. The topological polar surface area (TPSA) is 86.6 Å². The Balaban J connectivity index is 0.00000211. The summed E-state index contributed by atoms with van der Waals surface area (Å²) in [6.45, 7) is 0. The molecule has 0 spiro atoms. The third kappa shape index (κ3) is 8.81. The first-order valence-electron chi connectivity index (χ1n) is 7.09. The minimum atomic E-state index is -0.898. The van der Waals surface area contributed by atoms with Gasteiger partial charge in [0.1, 0.15) is 12.3 Å². The number of aldehydes is 1. The molecular formula is C16H25NO4S. The summed E-state index contributed by atoms with van der Waals surface area (Å²) >= 11 is 1.60. The number of rotatable bonds is 10. The molecule has 1 aromatic rings. The van der Waals surface area contributed by atoms with Crippen LogP contribution in [0.15, 0.2) is 30.3 Å². The quantitative estimate of drug-likeness (QED) is 0.566. The number of carboxylic acid groups (broad SMARTS) is 1. The molecule has 2 atom stereocenters. The first-order chi connectivity index (χ1) is 10.7. The SMILES string of the molecule is CO.CSCCC(NC(C=O)CCc1ccccc1)C(=O)O. The maximum atomic E-state index is 11.1. The van der Waals surface area contributed by atoms with Crippen LogP contribution in [0.25, 0.3) is 0 Å². The Hall–Kier alpha value is -1.37. The Kier molecular flexibility index (Phi) is 12.5. The fourth-order valence-electron chi connectivity index (χ4n) is 1.93. The van der Waals surface area contributed by atoms with Gasteiger partial charge in [-0.1, -0.05) is 30.3 Å². The van der Waals surface area contributed by atoms with Crippen molar-refractivity contribution in [2.24, 2.45) is 0 Å². The minimum absolute atomic E-state index is 0.418. The molecule has 5 nitrogen and oxygen atoms in total. The van der Waals surface area contributed by atoms with Crippen molar-refractivity contribution in [2.75, 3.05) is 19.1 Å². The van der Waals surface area contributed by atoms with Gasteiger partial charge in [0.2, 0.25) is 0 Å². The zero-order valence-corrected chi connectivity index (χ0v) is 13.9. The number of carboxylic acids is 1. The Morgan fingerprint density at radius 3 is 2.41 bits per heavy atom. The molecule has 0 bridgehead atoms. The fourth-order valence-corrected chi connectivity index (χ4v) is 2.40. The fraction of sp³-hybridized carbons (Fsp3) is 0.500. The highest BCUT2D eigenvalue weighted by Crippen LogP contribution is 2.07. The summed E-state index contributed by atoms with van der Waals surface area (Å²) in [4.78, 5) is 22.2. The van der Waals surface area contributed by atoms with Crippen LogP contribution in [0.4, 0.5) is 0 Å². The average Bonchev–Trinajstić information content (AvgIpc) is 2.56. The van der Waals surface area contributed by atoms with Crippen LogP contribution in [-0.2, 0) is 16.0 Å². The van der Waals surface area contributed by atoms with Crippen LogP contribution in [0.2, 0.25) is 0 Å². The molecule has 1 aromatic carbocycles. The summed E-state index contributed by atoms with van der Waals surface area (Å²) in [5, 5.41) is 19.1. The zero-order valence-electron chi connectivity index (χ0n) is 13.1. The molecular weight excluding hydrogens is 302 g/mol. The molecule has 0 aliphatic rings. The highest BCUT2D eigenvalue weighted by atomic mass is 32.2. The van der Waals surface area contributed by atoms with Crippen molar-refractivity contribution in [3.05, 3.63) is 35.9 Å². The molecule has 0 amide bonds. The van der Waals surface area contributed by atoms with E-state index in [4.69, 9.17) is 10.2 Å². The van der Waals surface area contributed by atoms with E-state index in [1.54, 1.807) is 11.8 Å². The molecule has 0 fully saturated rings. The molecule has 2 unspecified atom stereocenters. The maximum Gasteiger partial charge on any atom is 0.320 e. The monoisotopic (exact) mass is 327 g/mol. The molecule has 0 aliphatic heterocycles. The number of benzene rings is 1. The third-order valence-corrected chi connectivity index (χ3v) is 3.72. The van der Waals surface area contributed by atoms with E-state index in [0.29, 0.717) is 12.8 Å². The first kappa shape index (κ1) is 20.6. The average molecular weight is 327 g/mol. The number of aliphatic hydroxyl groups is 1. The first-order valence-corrected chi connectivity index (χ1v) is 8.48. The number of thioether (sulfide) groups is 1. The number of carbonyl (C=O) groups excluding carboxylic acids is 1. The Morgan fingerprint density at radius 2 is 1.91 bits per heavy atom. The Labute approximate surface area is 136 Å². The number of aliphatic hydroxyl groups excluding tert-OH is 1. The molecule has 0 heterocycles.